The summed E-state index contributed by atoms with van der Waals surface area (Å²) in [6.45, 7) is 7.10. The molecule has 2 aromatic rings. The number of aryl methyl sites for hydroxylation is 1. The first kappa shape index (κ1) is 20.8. The average molecular weight is 393 g/mol. The highest BCUT2D eigenvalue weighted by atomic mass is 16.5. The summed E-state index contributed by atoms with van der Waals surface area (Å²) in [6.07, 6.45) is 2.64. The van der Waals surface area contributed by atoms with Crippen LogP contribution < -0.4 is 5.32 Å². The van der Waals surface area contributed by atoms with Crippen molar-refractivity contribution in [2.75, 3.05) is 6.61 Å². The Morgan fingerprint density at radius 2 is 2.10 bits per heavy atom. The van der Waals surface area contributed by atoms with Crippen molar-refractivity contribution in [1.82, 2.24) is 10.3 Å². The summed E-state index contributed by atoms with van der Waals surface area (Å²) in [5.41, 5.74) is 2.12. The van der Waals surface area contributed by atoms with E-state index in [1.807, 2.05) is 38.1 Å². The number of hydrogen-bond acceptors (Lipinski definition) is 5. The van der Waals surface area contributed by atoms with Gasteiger partial charge in [-0.25, -0.2) is 4.79 Å². The number of aromatic nitrogens is 1. The molecule has 1 aliphatic rings. The lowest BCUT2D eigenvalue weighted by Crippen LogP contribution is -2.50. The molecule has 0 bridgehead atoms. The Morgan fingerprint density at radius 1 is 1.38 bits per heavy atom. The van der Waals surface area contributed by atoms with Gasteiger partial charge in [0, 0.05) is 11.1 Å². The molecule has 1 aliphatic carbocycles. The molecule has 1 amide bonds. The Hall–Kier alpha value is -2.94. The number of amides is 1. The molecule has 6 heteroatoms. The molecule has 0 aliphatic heterocycles. The van der Waals surface area contributed by atoms with Gasteiger partial charge >= 0.3 is 5.97 Å². The summed E-state index contributed by atoms with van der Waals surface area (Å²) in [6, 6.07) is 9.63. The Kier molecular flexibility index (Phi) is 5.88. The number of benzene rings is 1. The van der Waals surface area contributed by atoms with Crippen LogP contribution in [0.25, 0.3) is 10.9 Å². The largest absolute Gasteiger partial charge is 0.452 e. The minimum Gasteiger partial charge on any atom is -0.452 e. The average Bonchev–Trinajstić information content (AvgIpc) is 2.70. The number of nitrogens with one attached hydrogen (secondary N) is 1. The van der Waals surface area contributed by atoms with Gasteiger partial charge in [-0.3, -0.25) is 9.78 Å². The molecule has 6 nitrogen and oxygen atoms in total. The zero-order valence-corrected chi connectivity index (χ0v) is 17.4. The van der Waals surface area contributed by atoms with Crippen LogP contribution in [0.2, 0.25) is 0 Å². The highest BCUT2D eigenvalue weighted by Gasteiger charge is 2.31. The van der Waals surface area contributed by atoms with Crippen LogP contribution in [-0.2, 0) is 22.4 Å². The van der Waals surface area contributed by atoms with Crippen molar-refractivity contribution in [3.05, 3.63) is 41.1 Å². The molecule has 152 valence electrons. The zero-order chi connectivity index (χ0) is 21.2. The highest BCUT2D eigenvalue weighted by Crippen LogP contribution is 2.32. The molecular weight excluding hydrogens is 366 g/mol. The predicted molar refractivity (Wildman–Crippen MR) is 110 cm³/mol. The molecule has 0 saturated carbocycles. The normalized spacial score (nSPS) is 17.9. The maximum absolute atomic E-state index is 13.0. The molecule has 0 unspecified atom stereocenters. The topological polar surface area (TPSA) is 92.1 Å². The van der Waals surface area contributed by atoms with E-state index in [0.29, 0.717) is 11.5 Å². The van der Waals surface area contributed by atoms with E-state index in [9.17, 15) is 14.9 Å². The van der Waals surface area contributed by atoms with Gasteiger partial charge in [0.25, 0.3) is 5.91 Å². The number of esters is 1. The molecule has 29 heavy (non-hydrogen) atoms. The van der Waals surface area contributed by atoms with E-state index in [4.69, 9.17) is 9.72 Å². The molecule has 0 radical (unpaired) electrons. The standard InChI is InChI=1S/C23H27N3O3/c1-14(2)23(4,13-24)26-20(27)12-29-22(28)21-16-7-5-6-8-18(16)25-19-10-9-15(3)11-17(19)21/h5-8,14-15H,9-12H2,1-4H3,(H,26,27)/t15-,23+/m1/s1. The van der Waals surface area contributed by atoms with Gasteiger partial charge in [-0.15, -0.1) is 0 Å². The molecule has 1 N–H and O–H groups in total. The van der Waals surface area contributed by atoms with Crippen molar-refractivity contribution in [2.24, 2.45) is 11.8 Å². The second-order valence-corrected chi connectivity index (χ2v) is 8.37. The fourth-order valence-corrected chi connectivity index (χ4v) is 3.63. The lowest BCUT2D eigenvalue weighted by atomic mass is 9.84. The first-order valence-corrected chi connectivity index (χ1v) is 10.0. The summed E-state index contributed by atoms with van der Waals surface area (Å²) in [7, 11) is 0. The second kappa shape index (κ2) is 8.20. The number of ether oxygens (including phenoxy) is 1. The fraction of sp³-hybridized carbons (Fsp3) is 0.478. The van der Waals surface area contributed by atoms with E-state index in [-0.39, 0.29) is 5.92 Å². The highest BCUT2D eigenvalue weighted by molar-refractivity contribution is 6.05. The minimum absolute atomic E-state index is 0.0789. The first-order chi connectivity index (χ1) is 13.7. The van der Waals surface area contributed by atoms with Crippen molar-refractivity contribution in [1.29, 1.82) is 5.26 Å². The van der Waals surface area contributed by atoms with E-state index in [0.717, 1.165) is 41.4 Å². The fourth-order valence-electron chi connectivity index (χ4n) is 3.63. The van der Waals surface area contributed by atoms with Crippen LogP contribution in [0.1, 0.15) is 55.7 Å². The van der Waals surface area contributed by atoms with E-state index in [1.54, 1.807) is 6.92 Å². The molecule has 0 spiro atoms. The van der Waals surface area contributed by atoms with Gasteiger partial charge in [0.05, 0.1) is 17.1 Å². The van der Waals surface area contributed by atoms with E-state index >= 15 is 0 Å². The summed E-state index contributed by atoms with van der Waals surface area (Å²) in [5, 5.41) is 12.8. The second-order valence-electron chi connectivity index (χ2n) is 8.37. The summed E-state index contributed by atoms with van der Waals surface area (Å²) in [4.78, 5) is 30.1. The number of nitriles is 1. The third-order valence-corrected chi connectivity index (χ3v) is 5.83. The van der Waals surface area contributed by atoms with Crippen LogP contribution >= 0.6 is 0 Å². The maximum atomic E-state index is 13.0. The lowest BCUT2D eigenvalue weighted by Gasteiger charge is -2.27. The van der Waals surface area contributed by atoms with Crippen LogP contribution in [0.5, 0.6) is 0 Å². The number of rotatable bonds is 5. The molecule has 2 atom stereocenters. The molecule has 3 rings (SSSR count). The number of hydrogen-bond donors (Lipinski definition) is 1. The summed E-state index contributed by atoms with van der Waals surface area (Å²) in [5.74, 6) is -0.628. The third-order valence-electron chi connectivity index (χ3n) is 5.83. The van der Waals surface area contributed by atoms with Gasteiger partial charge in [0.2, 0.25) is 0 Å². The molecule has 1 aromatic carbocycles. The monoisotopic (exact) mass is 393 g/mol. The van der Waals surface area contributed by atoms with Gasteiger partial charge in [-0.2, -0.15) is 5.26 Å². The van der Waals surface area contributed by atoms with Crippen molar-refractivity contribution >= 4 is 22.8 Å². The number of carbonyl (C=O) groups is 2. The number of fused-ring (bicyclic) bond motifs is 2. The van der Waals surface area contributed by atoms with Gasteiger partial charge < -0.3 is 10.1 Å². The number of para-hydroxylation sites is 1. The smallest absolute Gasteiger partial charge is 0.339 e. The van der Waals surface area contributed by atoms with Gasteiger partial charge in [0.15, 0.2) is 6.61 Å². The Bertz CT molecular complexity index is 993. The van der Waals surface area contributed by atoms with Gasteiger partial charge in [-0.1, -0.05) is 39.0 Å². The van der Waals surface area contributed by atoms with E-state index < -0.39 is 24.0 Å². The van der Waals surface area contributed by atoms with Crippen LogP contribution in [0.15, 0.2) is 24.3 Å². The number of pyridine rings is 1. The molecule has 0 fully saturated rings. The molecule has 0 saturated heterocycles. The number of nitrogens with zero attached hydrogens (tertiary/aromatic N) is 2. The Balaban J connectivity index is 1.85. The van der Waals surface area contributed by atoms with Crippen molar-refractivity contribution < 1.29 is 14.3 Å². The van der Waals surface area contributed by atoms with Gasteiger partial charge in [0.1, 0.15) is 5.54 Å². The van der Waals surface area contributed by atoms with Crippen molar-refractivity contribution in [3.8, 4) is 6.07 Å². The number of carbonyl (C=O) groups excluding carboxylic acids is 2. The van der Waals surface area contributed by atoms with E-state index in [2.05, 4.69) is 18.3 Å². The maximum Gasteiger partial charge on any atom is 0.339 e. The molecule has 1 aromatic heterocycles. The Labute approximate surface area is 171 Å². The minimum atomic E-state index is -1.01. The van der Waals surface area contributed by atoms with Gasteiger partial charge in [-0.05, 0) is 49.7 Å². The van der Waals surface area contributed by atoms with E-state index in [1.165, 1.54) is 0 Å². The quantitative estimate of drug-likeness (QED) is 0.784. The van der Waals surface area contributed by atoms with Crippen LogP contribution in [-0.4, -0.2) is 29.0 Å². The molecular formula is C23H27N3O3. The summed E-state index contributed by atoms with van der Waals surface area (Å²) >= 11 is 0. The Morgan fingerprint density at radius 3 is 2.79 bits per heavy atom. The van der Waals surface area contributed by atoms with Crippen LogP contribution in [0.4, 0.5) is 0 Å². The lowest BCUT2D eigenvalue weighted by molar-refractivity contribution is -0.125. The SMILES string of the molecule is CC(C)[C@](C)(C#N)NC(=O)COC(=O)c1c2c(nc3ccccc13)CC[C@@H](C)C2. The van der Waals surface area contributed by atoms with Crippen LogP contribution in [0, 0.1) is 23.2 Å². The summed E-state index contributed by atoms with van der Waals surface area (Å²) < 4.78 is 5.38. The van der Waals surface area contributed by atoms with Crippen molar-refractivity contribution in [3.63, 3.8) is 0 Å². The molecule has 1 heterocycles. The van der Waals surface area contributed by atoms with Crippen molar-refractivity contribution in [2.45, 2.75) is 52.5 Å². The zero-order valence-electron chi connectivity index (χ0n) is 17.4. The first-order valence-electron chi connectivity index (χ1n) is 10.0. The third kappa shape index (κ3) is 4.24. The van der Waals surface area contributed by atoms with Crippen LogP contribution in [0.3, 0.4) is 0 Å². The predicted octanol–water partition coefficient (Wildman–Crippen LogP) is 3.57.